The van der Waals surface area contributed by atoms with Crippen LogP contribution in [0.4, 0.5) is 31.1 Å². The van der Waals surface area contributed by atoms with Crippen LogP contribution in [0.1, 0.15) is 41.5 Å². The van der Waals surface area contributed by atoms with Crippen LogP contribution in [0.15, 0.2) is 54.6 Å². The molecule has 0 saturated carbocycles. The van der Waals surface area contributed by atoms with Gasteiger partial charge in [0.15, 0.2) is 0 Å². The molecule has 2 aromatic rings. The van der Waals surface area contributed by atoms with Gasteiger partial charge in [0.1, 0.15) is 6.61 Å². The van der Waals surface area contributed by atoms with Crippen LogP contribution in [0, 0.1) is 0 Å². The number of carbonyl (C=O) groups excluding carboxylic acids is 1. The van der Waals surface area contributed by atoms with E-state index in [0.29, 0.717) is 18.4 Å². The number of alkyl halides is 6. The molecule has 2 aromatic carbocycles. The van der Waals surface area contributed by atoms with Crippen molar-refractivity contribution in [2.24, 2.45) is 0 Å². The predicted molar refractivity (Wildman–Crippen MR) is 104 cm³/mol. The van der Waals surface area contributed by atoms with Gasteiger partial charge in [0.25, 0.3) is 0 Å². The first-order chi connectivity index (χ1) is 15.0. The molecular weight excluding hydrogens is 436 g/mol. The lowest BCUT2D eigenvalue weighted by atomic mass is 9.92. The minimum atomic E-state index is -4.91. The van der Waals surface area contributed by atoms with Gasteiger partial charge >= 0.3 is 18.4 Å². The van der Waals surface area contributed by atoms with Crippen LogP contribution in [0.5, 0.6) is 0 Å². The predicted octanol–water partition coefficient (Wildman–Crippen LogP) is 6.68. The van der Waals surface area contributed by atoms with Crippen LogP contribution in [0.25, 0.3) is 5.57 Å². The van der Waals surface area contributed by atoms with E-state index in [-0.39, 0.29) is 30.7 Å². The van der Waals surface area contributed by atoms with Crippen molar-refractivity contribution in [2.75, 3.05) is 0 Å². The van der Waals surface area contributed by atoms with E-state index in [9.17, 15) is 31.1 Å². The van der Waals surface area contributed by atoms with Gasteiger partial charge in [0.05, 0.1) is 17.2 Å². The average molecular weight is 455 g/mol. The van der Waals surface area contributed by atoms with Crippen LogP contribution in [-0.4, -0.2) is 23.1 Å². The highest BCUT2D eigenvalue weighted by Gasteiger charge is 2.42. The summed E-state index contributed by atoms with van der Waals surface area (Å²) in [6.45, 7) is 0.0781. The summed E-state index contributed by atoms with van der Waals surface area (Å²) < 4.78 is 84.6. The van der Waals surface area contributed by atoms with E-state index in [2.05, 4.69) is 0 Å². The highest BCUT2D eigenvalue weighted by molar-refractivity contribution is 5.75. The van der Waals surface area contributed by atoms with E-state index in [1.807, 2.05) is 30.3 Å². The molecular formula is C23H19F6NO2. The van der Waals surface area contributed by atoms with E-state index in [4.69, 9.17) is 4.74 Å². The van der Waals surface area contributed by atoms with E-state index in [0.717, 1.165) is 17.7 Å². The third kappa shape index (κ3) is 4.61. The molecule has 0 spiro atoms. The third-order valence-electron chi connectivity index (χ3n) is 5.77. The van der Waals surface area contributed by atoms with Gasteiger partial charge in [-0.15, -0.1) is 0 Å². The van der Waals surface area contributed by atoms with Crippen molar-refractivity contribution in [3.63, 3.8) is 0 Å². The first-order valence-corrected chi connectivity index (χ1v) is 10.0. The van der Waals surface area contributed by atoms with Crippen molar-refractivity contribution in [3.8, 4) is 0 Å². The number of halogens is 6. The highest BCUT2D eigenvalue weighted by atomic mass is 19.4. The number of benzene rings is 2. The molecule has 2 heterocycles. The Bertz CT molecular complexity index is 997. The van der Waals surface area contributed by atoms with Crippen molar-refractivity contribution >= 4 is 11.7 Å². The average Bonchev–Trinajstić information content (AvgIpc) is 3.00. The van der Waals surface area contributed by atoms with E-state index >= 15 is 0 Å². The lowest BCUT2D eigenvalue weighted by Gasteiger charge is -2.33. The maximum absolute atomic E-state index is 13.2. The van der Waals surface area contributed by atoms with Crippen molar-refractivity contribution < 1.29 is 35.9 Å². The zero-order valence-electron chi connectivity index (χ0n) is 16.7. The number of carbonyl (C=O) groups is 1. The lowest BCUT2D eigenvalue weighted by molar-refractivity contribution is -0.143. The van der Waals surface area contributed by atoms with Gasteiger partial charge in [-0.25, -0.2) is 4.79 Å². The monoisotopic (exact) mass is 455 g/mol. The molecule has 2 aliphatic heterocycles. The van der Waals surface area contributed by atoms with E-state index in [1.165, 1.54) is 4.90 Å². The van der Waals surface area contributed by atoms with Gasteiger partial charge < -0.3 is 4.74 Å². The van der Waals surface area contributed by atoms with Crippen molar-refractivity contribution in [3.05, 3.63) is 76.9 Å². The van der Waals surface area contributed by atoms with Crippen LogP contribution in [0.3, 0.4) is 0 Å². The maximum atomic E-state index is 13.2. The maximum Gasteiger partial charge on any atom is 0.416 e. The summed E-state index contributed by atoms with van der Waals surface area (Å²) in [7, 11) is 0. The van der Waals surface area contributed by atoms with Gasteiger partial charge in [0, 0.05) is 6.04 Å². The molecule has 32 heavy (non-hydrogen) atoms. The molecule has 0 aliphatic carbocycles. The molecule has 0 radical (unpaired) electrons. The second-order valence-corrected chi connectivity index (χ2v) is 7.94. The summed E-state index contributed by atoms with van der Waals surface area (Å²) in [5.41, 5.74) is -1.63. The summed E-state index contributed by atoms with van der Waals surface area (Å²) in [6, 6.07) is 9.90. The largest absolute Gasteiger partial charge is 0.445 e. The van der Waals surface area contributed by atoms with Gasteiger partial charge in [-0.2, -0.15) is 26.3 Å². The number of amides is 1. The summed E-state index contributed by atoms with van der Waals surface area (Å²) >= 11 is 0. The molecule has 3 nitrogen and oxygen atoms in total. The Morgan fingerprint density at radius 3 is 2.12 bits per heavy atom. The second kappa shape index (κ2) is 8.18. The molecule has 170 valence electrons. The Labute approximate surface area is 180 Å². The third-order valence-corrected chi connectivity index (χ3v) is 5.77. The fourth-order valence-corrected chi connectivity index (χ4v) is 4.26. The van der Waals surface area contributed by atoms with Crippen molar-refractivity contribution in [2.45, 2.75) is 50.3 Å². The molecule has 2 unspecified atom stereocenters. The normalized spacial score (nSPS) is 20.8. The molecule has 2 atom stereocenters. The summed E-state index contributed by atoms with van der Waals surface area (Å²) in [5, 5.41) is 0. The topological polar surface area (TPSA) is 29.5 Å². The number of nitrogens with zero attached hydrogens (tertiary/aromatic N) is 1. The highest BCUT2D eigenvalue weighted by Crippen LogP contribution is 2.42. The molecule has 9 heteroatoms. The van der Waals surface area contributed by atoms with E-state index < -0.39 is 35.6 Å². The van der Waals surface area contributed by atoms with Gasteiger partial charge in [-0.05, 0) is 54.2 Å². The first-order valence-electron chi connectivity index (χ1n) is 10.0. The molecule has 0 aromatic heterocycles. The minimum Gasteiger partial charge on any atom is -0.445 e. The molecule has 0 N–H and O–H groups in total. The van der Waals surface area contributed by atoms with Crippen molar-refractivity contribution in [1.82, 2.24) is 4.90 Å². The number of hydrogen-bond donors (Lipinski definition) is 0. The van der Waals surface area contributed by atoms with Crippen LogP contribution < -0.4 is 0 Å². The SMILES string of the molecule is O=C(OCc1ccccc1)N1C2C=C(c3cc(C(F)(F)F)cc(C(F)(F)F)c3)CC1CC2. The fourth-order valence-electron chi connectivity index (χ4n) is 4.26. The Morgan fingerprint density at radius 2 is 1.56 bits per heavy atom. The van der Waals surface area contributed by atoms with Gasteiger partial charge in [-0.1, -0.05) is 36.4 Å². The zero-order valence-corrected chi connectivity index (χ0v) is 16.7. The Kier molecular flexibility index (Phi) is 5.68. The van der Waals surface area contributed by atoms with Crippen LogP contribution >= 0.6 is 0 Å². The summed E-state index contributed by atoms with van der Waals surface area (Å²) in [5.74, 6) is 0. The molecule has 2 bridgehead atoms. The number of ether oxygens (including phenoxy) is 1. The molecule has 1 saturated heterocycles. The second-order valence-electron chi connectivity index (χ2n) is 7.94. The van der Waals surface area contributed by atoms with Crippen LogP contribution in [-0.2, 0) is 23.7 Å². The van der Waals surface area contributed by atoms with E-state index in [1.54, 1.807) is 6.08 Å². The molecule has 1 amide bonds. The van der Waals surface area contributed by atoms with Crippen LogP contribution in [0.2, 0.25) is 0 Å². The Morgan fingerprint density at radius 1 is 0.938 bits per heavy atom. The summed E-state index contributed by atoms with van der Waals surface area (Å²) in [4.78, 5) is 14.2. The minimum absolute atomic E-state index is 0.0781. The first kappa shape index (κ1) is 22.2. The van der Waals surface area contributed by atoms with Crippen molar-refractivity contribution in [1.29, 1.82) is 0 Å². The number of rotatable bonds is 3. The van der Waals surface area contributed by atoms with Gasteiger partial charge in [0.2, 0.25) is 0 Å². The smallest absolute Gasteiger partial charge is 0.416 e. The molecule has 4 rings (SSSR count). The molecule has 2 aliphatic rings. The quantitative estimate of drug-likeness (QED) is 0.483. The number of fused-ring (bicyclic) bond motifs is 2. The standard InChI is InChI=1S/C23H19F6NO2/c24-22(25,26)17-8-15(9-18(12-17)23(27,28)29)16-10-19-6-7-20(11-16)30(19)21(31)32-13-14-4-2-1-3-5-14/h1-5,8-10,12,19-20H,6-7,11,13H2. The Balaban J connectivity index is 1.58. The zero-order chi connectivity index (χ0) is 23.1. The number of hydrogen-bond acceptors (Lipinski definition) is 2. The lowest BCUT2D eigenvalue weighted by Crippen LogP contribution is -2.43. The van der Waals surface area contributed by atoms with Gasteiger partial charge in [-0.3, -0.25) is 4.90 Å². The fraction of sp³-hybridized carbons (Fsp3) is 0.348. The summed E-state index contributed by atoms with van der Waals surface area (Å²) in [6.07, 6.45) is -7.44. The molecule has 1 fully saturated rings. The Hall–Kier alpha value is -2.97.